The number of fused-ring (bicyclic) bond motifs is 1. The first-order valence-electron chi connectivity index (χ1n) is 4.51. The van der Waals surface area contributed by atoms with E-state index in [-0.39, 0.29) is 0 Å². The first kappa shape index (κ1) is 9.19. The molecule has 0 heterocycles. The van der Waals surface area contributed by atoms with Crippen molar-refractivity contribution in [2.45, 2.75) is 0 Å². The van der Waals surface area contributed by atoms with Gasteiger partial charge in [0.15, 0.2) is 0 Å². The van der Waals surface area contributed by atoms with Gasteiger partial charge in [0.05, 0.1) is 0 Å². The largest absolute Gasteiger partial charge is 0.398 e. The van der Waals surface area contributed by atoms with Crippen LogP contribution in [-0.4, -0.2) is 0 Å². The molecule has 0 unspecified atom stereocenters. The molecule has 0 radical (unpaired) electrons. The molecule has 0 saturated carbocycles. The van der Waals surface area contributed by atoms with E-state index in [1.807, 2.05) is 30.3 Å². The Hall–Kier alpha value is -2.38. The Morgan fingerprint density at radius 3 is 2.40 bits per heavy atom. The second kappa shape index (κ2) is 3.40. The molecule has 0 saturated heterocycles. The molecule has 2 rings (SSSR count). The number of nitrogen functional groups attached to an aromatic ring is 1. The monoisotopic (exact) mass is 191 g/mol. The van der Waals surface area contributed by atoms with E-state index < -0.39 is 0 Å². The fraction of sp³-hybridized carbons (Fsp3) is 0. The Morgan fingerprint density at radius 1 is 0.933 bits per heavy atom. The summed E-state index contributed by atoms with van der Waals surface area (Å²) >= 11 is 0. The Bertz CT molecular complexity index is 609. The van der Waals surface area contributed by atoms with E-state index >= 15 is 0 Å². The first-order chi connectivity index (χ1) is 7.26. The lowest BCUT2D eigenvalue weighted by Gasteiger charge is -2.04. The fourth-order valence-electron chi connectivity index (χ4n) is 1.59. The van der Waals surface area contributed by atoms with E-state index in [1.54, 1.807) is 0 Å². The number of nitrogens with two attached hydrogens (primary N) is 1. The molecule has 0 aromatic heterocycles. The highest BCUT2D eigenvalue weighted by Gasteiger charge is 2.02. The Kier molecular flexibility index (Phi) is 2.08. The van der Waals surface area contributed by atoms with Crippen LogP contribution in [0.15, 0.2) is 30.3 Å². The second-order valence-electron chi connectivity index (χ2n) is 3.25. The summed E-state index contributed by atoms with van der Waals surface area (Å²) in [5.74, 6) is 5.20. The summed E-state index contributed by atoms with van der Waals surface area (Å²) in [5, 5.41) is 1.89. The molecule has 0 aliphatic carbocycles. The maximum Gasteiger partial charge on any atom is 0.0394 e. The Labute approximate surface area is 88.9 Å². The average Bonchev–Trinajstić information content (AvgIpc) is 2.29. The highest BCUT2D eigenvalue weighted by Crippen LogP contribution is 2.25. The maximum atomic E-state index is 5.85. The lowest BCUT2D eigenvalue weighted by atomic mass is 10.0. The van der Waals surface area contributed by atoms with E-state index in [2.05, 4.69) is 11.8 Å². The van der Waals surface area contributed by atoms with Crippen LogP contribution in [0.2, 0.25) is 0 Å². The van der Waals surface area contributed by atoms with Gasteiger partial charge in [0, 0.05) is 27.6 Å². The molecule has 1 heteroatoms. The Morgan fingerprint density at radius 2 is 1.73 bits per heavy atom. The second-order valence-corrected chi connectivity index (χ2v) is 3.25. The van der Waals surface area contributed by atoms with Crippen LogP contribution in [0.5, 0.6) is 0 Å². The van der Waals surface area contributed by atoms with Crippen LogP contribution in [0.4, 0.5) is 5.69 Å². The van der Waals surface area contributed by atoms with Crippen molar-refractivity contribution in [3.05, 3.63) is 41.5 Å². The van der Waals surface area contributed by atoms with Crippen molar-refractivity contribution in [1.82, 2.24) is 0 Å². The summed E-state index contributed by atoms with van der Waals surface area (Å²) in [5.41, 5.74) is 8.19. The number of hydrogen-bond acceptors (Lipinski definition) is 1. The van der Waals surface area contributed by atoms with Crippen molar-refractivity contribution < 1.29 is 0 Å². The predicted molar refractivity (Wildman–Crippen MR) is 64.2 cm³/mol. The van der Waals surface area contributed by atoms with E-state index in [4.69, 9.17) is 18.6 Å². The van der Waals surface area contributed by atoms with Gasteiger partial charge < -0.3 is 5.73 Å². The molecular weight excluding hydrogens is 182 g/mol. The van der Waals surface area contributed by atoms with E-state index in [0.29, 0.717) is 5.69 Å². The molecule has 0 spiro atoms. The number of anilines is 1. The minimum absolute atomic E-state index is 0.715. The van der Waals surface area contributed by atoms with Crippen molar-refractivity contribution in [2.24, 2.45) is 0 Å². The van der Waals surface area contributed by atoms with Crippen molar-refractivity contribution in [3.63, 3.8) is 0 Å². The zero-order chi connectivity index (χ0) is 10.8. The van der Waals surface area contributed by atoms with Crippen LogP contribution in [0.25, 0.3) is 10.8 Å². The summed E-state index contributed by atoms with van der Waals surface area (Å²) in [6, 6.07) is 9.30. The van der Waals surface area contributed by atoms with Crippen molar-refractivity contribution >= 4 is 16.5 Å². The van der Waals surface area contributed by atoms with Crippen LogP contribution >= 0.6 is 0 Å². The number of benzene rings is 2. The topological polar surface area (TPSA) is 26.0 Å². The molecular formula is C14H9N. The van der Waals surface area contributed by atoms with Crippen molar-refractivity contribution in [1.29, 1.82) is 0 Å². The quantitative estimate of drug-likeness (QED) is 0.502. The molecule has 0 atom stereocenters. The lowest BCUT2D eigenvalue weighted by molar-refractivity contribution is 1.66. The third-order valence-corrected chi connectivity index (χ3v) is 2.37. The summed E-state index contributed by atoms with van der Waals surface area (Å²) in [7, 11) is 0. The number of hydrogen-bond donors (Lipinski definition) is 1. The summed E-state index contributed by atoms with van der Waals surface area (Å²) in [4.78, 5) is 0. The van der Waals surface area contributed by atoms with Crippen LogP contribution in [0, 0.1) is 24.7 Å². The Balaban J connectivity index is 2.92. The highest BCUT2D eigenvalue weighted by atomic mass is 14.5. The van der Waals surface area contributed by atoms with Crippen LogP contribution in [0.1, 0.15) is 11.1 Å². The highest BCUT2D eigenvalue weighted by molar-refractivity contribution is 5.97. The molecule has 70 valence electrons. The maximum absolute atomic E-state index is 5.85. The summed E-state index contributed by atoms with van der Waals surface area (Å²) in [6.07, 6.45) is 10.8. The molecule has 15 heavy (non-hydrogen) atoms. The van der Waals surface area contributed by atoms with Gasteiger partial charge in [0.2, 0.25) is 0 Å². The van der Waals surface area contributed by atoms with Gasteiger partial charge in [0.1, 0.15) is 0 Å². The first-order valence-corrected chi connectivity index (χ1v) is 4.51. The molecule has 0 amide bonds. The van der Waals surface area contributed by atoms with Gasteiger partial charge in [-0.15, -0.1) is 12.8 Å². The van der Waals surface area contributed by atoms with Gasteiger partial charge >= 0.3 is 0 Å². The molecule has 0 bridgehead atoms. The molecule has 0 fully saturated rings. The zero-order valence-corrected chi connectivity index (χ0v) is 8.12. The van der Waals surface area contributed by atoms with Gasteiger partial charge in [-0.2, -0.15) is 0 Å². The van der Waals surface area contributed by atoms with Crippen molar-refractivity contribution in [3.8, 4) is 24.7 Å². The van der Waals surface area contributed by atoms with Gasteiger partial charge in [-0.3, -0.25) is 0 Å². The normalized spacial score (nSPS) is 9.47. The molecule has 2 N–H and O–H groups in total. The van der Waals surface area contributed by atoms with Gasteiger partial charge in [-0.05, 0) is 24.3 Å². The van der Waals surface area contributed by atoms with Gasteiger partial charge in [-0.25, -0.2) is 0 Å². The number of rotatable bonds is 0. The molecule has 0 aliphatic heterocycles. The van der Waals surface area contributed by atoms with E-state index in [9.17, 15) is 0 Å². The van der Waals surface area contributed by atoms with Crippen molar-refractivity contribution in [2.75, 3.05) is 5.73 Å². The molecule has 2 aromatic carbocycles. The van der Waals surface area contributed by atoms with Gasteiger partial charge in [-0.1, -0.05) is 17.9 Å². The molecule has 0 aliphatic rings. The standard InChI is InChI=1S/C14H9N/c1-3-10-5-7-12-13(9-10)11(4-2)6-8-14(12)15/h1-2,5-9H,15H2. The summed E-state index contributed by atoms with van der Waals surface area (Å²) < 4.78 is 0. The molecule has 2 aromatic rings. The SMILES string of the molecule is C#Cc1ccc2c(N)ccc(C#C)c2c1. The third kappa shape index (κ3) is 1.41. The predicted octanol–water partition coefficient (Wildman–Crippen LogP) is 2.38. The minimum Gasteiger partial charge on any atom is -0.398 e. The smallest absolute Gasteiger partial charge is 0.0394 e. The van der Waals surface area contributed by atoms with Gasteiger partial charge in [0.25, 0.3) is 0 Å². The van der Waals surface area contributed by atoms with Crippen LogP contribution in [-0.2, 0) is 0 Å². The number of terminal acetylenes is 2. The van der Waals surface area contributed by atoms with Crippen LogP contribution in [0.3, 0.4) is 0 Å². The van der Waals surface area contributed by atoms with Crippen LogP contribution < -0.4 is 5.73 Å². The zero-order valence-electron chi connectivity index (χ0n) is 8.12. The molecule has 1 nitrogen and oxygen atoms in total. The van der Waals surface area contributed by atoms with E-state index in [1.165, 1.54) is 0 Å². The summed E-state index contributed by atoms with van der Waals surface area (Å²) in [6.45, 7) is 0. The third-order valence-electron chi connectivity index (χ3n) is 2.37. The lowest BCUT2D eigenvalue weighted by Crippen LogP contribution is -1.89. The fourth-order valence-corrected chi connectivity index (χ4v) is 1.59. The van der Waals surface area contributed by atoms with E-state index in [0.717, 1.165) is 21.9 Å². The average molecular weight is 191 g/mol. The minimum atomic E-state index is 0.715.